The minimum absolute atomic E-state index is 0.574. The number of hydrogen-bond acceptors (Lipinski definition) is 5. The van der Waals surface area contributed by atoms with Crippen molar-refractivity contribution in [3.05, 3.63) is 73.3 Å². The van der Waals surface area contributed by atoms with Gasteiger partial charge in [-0.25, -0.2) is 4.98 Å². The summed E-state index contributed by atoms with van der Waals surface area (Å²) in [5.74, 6) is 0.574. The van der Waals surface area contributed by atoms with E-state index in [1.54, 1.807) is 30.9 Å². The molecule has 0 spiro atoms. The van der Waals surface area contributed by atoms with Gasteiger partial charge < -0.3 is 9.88 Å². The van der Waals surface area contributed by atoms with E-state index in [2.05, 4.69) is 55.3 Å². The Hall–Kier alpha value is -3.58. The third-order valence-corrected chi connectivity index (χ3v) is 6.06. The summed E-state index contributed by atoms with van der Waals surface area (Å²) in [7, 11) is 0.885. The predicted octanol–water partition coefficient (Wildman–Crippen LogP) is 4.66. The number of anilines is 2. The first-order valence-corrected chi connectivity index (χ1v) is 11.0. The number of aromatic nitrogens is 4. The van der Waals surface area contributed by atoms with Crippen LogP contribution in [0.2, 0.25) is 0 Å². The lowest BCUT2D eigenvalue weighted by Crippen LogP contribution is -2.01. The lowest BCUT2D eigenvalue weighted by Gasteiger charge is -2.13. The molecule has 7 heteroatoms. The van der Waals surface area contributed by atoms with Gasteiger partial charge in [-0.05, 0) is 47.3 Å². The van der Waals surface area contributed by atoms with Crippen molar-refractivity contribution < 1.29 is 4.21 Å². The van der Waals surface area contributed by atoms with Crippen LogP contribution in [0.4, 0.5) is 11.5 Å². The Bertz CT molecular complexity index is 1430. The maximum absolute atomic E-state index is 12.1. The molecule has 5 aromatic rings. The first-order valence-electron chi connectivity index (χ1n) is 9.46. The fraction of sp³-hybridized carbons (Fsp3) is 0.0870. The van der Waals surface area contributed by atoms with Gasteiger partial charge in [0, 0.05) is 54.9 Å². The molecule has 0 fully saturated rings. The average molecular weight is 414 g/mol. The summed E-state index contributed by atoms with van der Waals surface area (Å²) in [6.07, 6.45) is 8.77. The first kappa shape index (κ1) is 18.4. The van der Waals surface area contributed by atoms with Gasteiger partial charge in [0.1, 0.15) is 5.82 Å². The van der Waals surface area contributed by atoms with Crippen molar-refractivity contribution >= 4 is 44.2 Å². The topological polar surface area (TPSA) is 72.7 Å². The zero-order chi connectivity index (χ0) is 20.7. The van der Waals surface area contributed by atoms with E-state index in [9.17, 15) is 4.21 Å². The second kappa shape index (κ2) is 7.35. The summed E-state index contributed by atoms with van der Waals surface area (Å²) in [5, 5.41) is 4.51. The Kier molecular flexibility index (Phi) is 4.52. The molecule has 148 valence electrons. The molecular formula is C23H19N5OS. The van der Waals surface area contributed by atoms with Gasteiger partial charge in [0.2, 0.25) is 0 Å². The Balaban J connectivity index is 1.68. The van der Waals surface area contributed by atoms with Crippen molar-refractivity contribution in [1.29, 1.82) is 0 Å². The number of pyridine rings is 1. The van der Waals surface area contributed by atoms with Gasteiger partial charge in [0.15, 0.2) is 0 Å². The van der Waals surface area contributed by atoms with Crippen molar-refractivity contribution in [3.8, 4) is 11.1 Å². The second-order valence-corrected chi connectivity index (χ2v) is 8.43. The fourth-order valence-corrected chi connectivity index (χ4v) is 4.30. The number of rotatable bonds is 4. The standard InChI is InChI=1S/C23H19N5OS/c1-28-11-7-15-5-6-16(12-20(15)28)18-13-17(14-19-22(18)25-10-9-24-19)27-23-21(30(2)29)4-3-8-26-23/h3-14H,1-2H3,(H,26,27). The zero-order valence-electron chi connectivity index (χ0n) is 16.5. The van der Waals surface area contributed by atoms with Gasteiger partial charge in [-0.1, -0.05) is 12.1 Å². The zero-order valence-corrected chi connectivity index (χ0v) is 17.4. The summed E-state index contributed by atoms with van der Waals surface area (Å²) in [5.41, 5.74) is 5.60. The molecule has 0 aliphatic rings. The van der Waals surface area contributed by atoms with Crippen LogP contribution in [-0.2, 0) is 17.8 Å². The summed E-state index contributed by atoms with van der Waals surface area (Å²) < 4.78 is 14.2. The van der Waals surface area contributed by atoms with Crippen molar-refractivity contribution in [2.24, 2.45) is 7.05 Å². The van der Waals surface area contributed by atoms with Gasteiger partial charge >= 0.3 is 0 Å². The number of fused-ring (bicyclic) bond motifs is 2. The average Bonchev–Trinajstić information content (AvgIpc) is 3.13. The minimum atomic E-state index is -1.15. The van der Waals surface area contributed by atoms with Crippen molar-refractivity contribution in [2.45, 2.75) is 4.90 Å². The molecule has 1 N–H and O–H groups in total. The van der Waals surface area contributed by atoms with Crippen LogP contribution in [0.1, 0.15) is 0 Å². The molecule has 0 bridgehead atoms. The number of benzene rings is 2. The Morgan fingerprint density at radius 1 is 0.967 bits per heavy atom. The molecule has 30 heavy (non-hydrogen) atoms. The van der Waals surface area contributed by atoms with Crippen LogP contribution in [0.3, 0.4) is 0 Å². The van der Waals surface area contributed by atoms with Crippen LogP contribution in [0.25, 0.3) is 33.1 Å². The Morgan fingerprint density at radius 3 is 2.70 bits per heavy atom. The molecule has 0 aliphatic heterocycles. The molecule has 0 saturated heterocycles. The predicted molar refractivity (Wildman–Crippen MR) is 121 cm³/mol. The third-order valence-electron chi connectivity index (χ3n) is 5.12. The molecule has 0 aliphatic carbocycles. The Morgan fingerprint density at radius 2 is 1.83 bits per heavy atom. The van der Waals surface area contributed by atoms with Crippen molar-refractivity contribution in [3.63, 3.8) is 0 Å². The van der Waals surface area contributed by atoms with Gasteiger partial charge in [-0.2, -0.15) is 0 Å². The van der Waals surface area contributed by atoms with Crippen LogP contribution >= 0.6 is 0 Å². The van der Waals surface area contributed by atoms with Crippen LogP contribution in [0.5, 0.6) is 0 Å². The SMILES string of the molecule is Cn1ccc2ccc(-c3cc(Nc4ncccc4S(C)=O)cc4nccnc34)cc21. The van der Waals surface area contributed by atoms with Crippen molar-refractivity contribution in [1.82, 2.24) is 19.5 Å². The molecule has 0 radical (unpaired) electrons. The third kappa shape index (κ3) is 3.23. The molecule has 2 aromatic carbocycles. The molecular weight excluding hydrogens is 394 g/mol. The summed E-state index contributed by atoms with van der Waals surface area (Å²) >= 11 is 0. The van der Waals surface area contributed by atoms with E-state index < -0.39 is 10.8 Å². The van der Waals surface area contributed by atoms with Gasteiger partial charge in [-0.3, -0.25) is 14.2 Å². The van der Waals surface area contributed by atoms with Crippen LogP contribution < -0.4 is 5.32 Å². The largest absolute Gasteiger partial charge is 0.351 e. The van der Waals surface area contributed by atoms with E-state index in [-0.39, 0.29) is 0 Å². The number of hydrogen-bond donors (Lipinski definition) is 1. The summed E-state index contributed by atoms with van der Waals surface area (Å²) in [4.78, 5) is 14.1. The highest BCUT2D eigenvalue weighted by atomic mass is 32.2. The fourth-order valence-electron chi connectivity index (χ4n) is 3.65. The van der Waals surface area contributed by atoms with E-state index >= 15 is 0 Å². The molecule has 3 heterocycles. The van der Waals surface area contributed by atoms with E-state index in [0.29, 0.717) is 10.7 Å². The molecule has 1 unspecified atom stereocenters. The normalized spacial score (nSPS) is 12.3. The molecule has 5 rings (SSSR count). The highest BCUT2D eigenvalue weighted by Crippen LogP contribution is 2.33. The van der Waals surface area contributed by atoms with Crippen molar-refractivity contribution in [2.75, 3.05) is 11.6 Å². The second-order valence-electron chi connectivity index (χ2n) is 7.08. The number of nitrogens with one attached hydrogen (secondary N) is 1. The van der Waals surface area contributed by atoms with E-state index in [1.807, 2.05) is 25.2 Å². The number of aryl methyl sites for hydroxylation is 1. The molecule has 0 amide bonds. The monoisotopic (exact) mass is 413 g/mol. The van der Waals surface area contributed by atoms with Crippen LogP contribution in [-0.4, -0.2) is 30.0 Å². The molecule has 1 atom stereocenters. The van der Waals surface area contributed by atoms with Gasteiger partial charge in [-0.15, -0.1) is 0 Å². The van der Waals surface area contributed by atoms with E-state index in [4.69, 9.17) is 0 Å². The smallest absolute Gasteiger partial charge is 0.146 e. The summed E-state index contributed by atoms with van der Waals surface area (Å²) in [6, 6.07) is 16.1. The first-order chi connectivity index (χ1) is 14.6. The van der Waals surface area contributed by atoms with Crippen LogP contribution in [0.15, 0.2) is 78.2 Å². The number of nitrogens with zero attached hydrogens (tertiary/aromatic N) is 4. The van der Waals surface area contributed by atoms with Crippen LogP contribution in [0, 0.1) is 0 Å². The maximum Gasteiger partial charge on any atom is 0.146 e. The quantitative estimate of drug-likeness (QED) is 0.464. The van der Waals surface area contributed by atoms with E-state index in [0.717, 1.165) is 33.4 Å². The lowest BCUT2D eigenvalue weighted by molar-refractivity contribution is 0.686. The van der Waals surface area contributed by atoms with E-state index in [1.165, 1.54) is 5.39 Å². The molecule has 3 aromatic heterocycles. The molecule has 0 saturated carbocycles. The highest BCUT2D eigenvalue weighted by Gasteiger charge is 2.13. The highest BCUT2D eigenvalue weighted by molar-refractivity contribution is 7.84. The van der Waals surface area contributed by atoms with Gasteiger partial charge in [0.25, 0.3) is 0 Å². The molecule has 6 nitrogen and oxygen atoms in total. The maximum atomic E-state index is 12.1. The Labute approximate surface area is 176 Å². The minimum Gasteiger partial charge on any atom is -0.351 e. The van der Waals surface area contributed by atoms with Gasteiger partial charge in [0.05, 0.1) is 26.7 Å². The lowest BCUT2D eigenvalue weighted by atomic mass is 10.0. The summed E-state index contributed by atoms with van der Waals surface area (Å²) in [6.45, 7) is 0.